The molecule has 0 amide bonds. The lowest BCUT2D eigenvalue weighted by molar-refractivity contribution is 0.299. The van der Waals surface area contributed by atoms with Crippen molar-refractivity contribution in [2.75, 3.05) is 24.6 Å². The lowest BCUT2D eigenvalue weighted by atomic mass is 10.1. The van der Waals surface area contributed by atoms with Crippen LogP contribution in [0.2, 0.25) is 5.02 Å². The molecular weight excluding hydrogens is 260 g/mol. The minimum atomic E-state index is 0.145. The van der Waals surface area contributed by atoms with E-state index in [0.717, 1.165) is 35.8 Å². The maximum atomic E-state index is 9.23. The van der Waals surface area contributed by atoms with Crippen molar-refractivity contribution in [2.24, 2.45) is 0 Å². The van der Waals surface area contributed by atoms with Gasteiger partial charge in [0.1, 0.15) is 0 Å². The summed E-state index contributed by atoms with van der Waals surface area (Å²) in [6, 6.07) is 6.29. The fourth-order valence-corrected chi connectivity index (χ4v) is 2.38. The van der Waals surface area contributed by atoms with Crippen LogP contribution >= 0.6 is 11.6 Å². The Morgan fingerprint density at radius 2 is 2.11 bits per heavy atom. The van der Waals surface area contributed by atoms with Crippen LogP contribution in [0.4, 0.5) is 5.69 Å². The zero-order valence-corrected chi connectivity index (χ0v) is 12.9. The molecule has 0 heterocycles. The molecular formula is C15H25ClN2O. The molecule has 0 atom stereocenters. The quantitative estimate of drug-likeness (QED) is 0.720. The van der Waals surface area contributed by atoms with Gasteiger partial charge in [-0.25, -0.2) is 0 Å². The second kappa shape index (κ2) is 8.41. The number of nitrogens with zero attached hydrogens (tertiary/aromatic N) is 1. The van der Waals surface area contributed by atoms with Crippen molar-refractivity contribution in [3.63, 3.8) is 0 Å². The Labute approximate surface area is 121 Å². The highest BCUT2D eigenvalue weighted by atomic mass is 35.5. The first-order valence-corrected chi connectivity index (χ1v) is 7.35. The van der Waals surface area contributed by atoms with E-state index in [1.807, 2.05) is 12.1 Å². The molecule has 108 valence electrons. The van der Waals surface area contributed by atoms with E-state index in [2.05, 4.69) is 37.1 Å². The Balaban J connectivity index is 2.99. The molecule has 0 aliphatic heterocycles. The SMILES string of the molecule is CCCNCc1c(Cl)cccc1N(CCO)C(C)C. The molecule has 0 saturated carbocycles. The molecule has 0 aliphatic carbocycles. The van der Waals surface area contributed by atoms with Gasteiger partial charge in [0.2, 0.25) is 0 Å². The fraction of sp³-hybridized carbons (Fsp3) is 0.600. The lowest BCUT2D eigenvalue weighted by Gasteiger charge is -2.30. The zero-order chi connectivity index (χ0) is 14.3. The highest BCUT2D eigenvalue weighted by Gasteiger charge is 2.15. The normalized spacial score (nSPS) is 11.1. The molecule has 0 radical (unpaired) electrons. The van der Waals surface area contributed by atoms with Crippen LogP contribution in [-0.2, 0) is 6.54 Å². The van der Waals surface area contributed by atoms with Gasteiger partial charge in [-0.1, -0.05) is 24.6 Å². The van der Waals surface area contributed by atoms with Crippen molar-refractivity contribution in [2.45, 2.75) is 39.8 Å². The van der Waals surface area contributed by atoms with E-state index in [9.17, 15) is 5.11 Å². The molecule has 2 N–H and O–H groups in total. The van der Waals surface area contributed by atoms with Gasteiger partial charge >= 0.3 is 0 Å². The average molecular weight is 285 g/mol. The molecule has 1 aromatic rings. The minimum absolute atomic E-state index is 0.145. The Kier molecular flexibility index (Phi) is 7.21. The van der Waals surface area contributed by atoms with Crippen molar-refractivity contribution in [1.82, 2.24) is 5.32 Å². The molecule has 4 heteroatoms. The van der Waals surface area contributed by atoms with Crippen LogP contribution in [0.3, 0.4) is 0 Å². The number of halogens is 1. The van der Waals surface area contributed by atoms with Gasteiger partial charge in [-0.3, -0.25) is 0 Å². The van der Waals surface area contributed by atoms with Gasteiger partial charge in [0.15, 0.2) is 0 Å². The fourth-order valence-electron chi connectivity index (χ4n) is 2.15. The van der Waals surface area contributed by atoms with Gasteiger partial charge < -0.3 is 15.3 Å². The average Bonchev–Trinajstić information content (AvgIpc) is 2.38. The van der Waals surface area contributed by atoms with Crippen LogP contribution in [0.25, 0.3) is 0 Å². The van der Waals surface area contributed by atoms with E-state index in [4.69, 9.17) is 11.6 Å². The van der Waals surface area contributed by atoms with Gasteiger partial charge in [-0.2, -0.15) is 0 Å². The van der Waals surface area contributed by atoms with Crippen LogP contribution in [0.1, 0.15) is 32.8 Å². The van der Waals surface area contributed by atoms with E-state index in [0.29, 0.717) is 12.6 Å². The summed E-state index contributed by atoms with van der Waals surface area (Å²) in [6.45, 7) is 8.90. The molecule has 0 fully saturated rings. The molecule has 0 spiro atoms. The first-order chi connectivity index (χ1) is 9.11. The number of rotatable bonds is 8. The third-order valence-corrected chi connectivity index (χ3v) is 3.45. The summed E-state index contributed by atoms with van der Waals surface area (Å²) in [5.41, 5.74) is 2.22. The summed E-state index contributed by atoms with van der Waals surface area (Å²) in [5.74, 6) is 0. The molecule has 0 unspecified atom stereocenters. The second-order valence-electron chi connectivity index (χ2n) is 4.93. The van der Waals surface area contributed by atoms with Crippen LogP contribution in [0.15, 0.2) is 18.2 Å². The molecule has 0 aliphatic rings. The largest absolute Gasteiger partial charge is 0.395 e. The third kappa shape index (κ3) is 4.68. The smallest absolute Gasteiger partial charge is 0.0606 e. The molecule has 0 aromatic heterocycles. The Hall–Kier alpha value is -0.770. The van der Waals surface area contributed by atoms with Crippen molar-refractivity contribution in [3.8, 4) is 0 Å². The predicted octanol–water partition coefficient (Wildman–Crippen LogP) is 3.05. The predicted molar refractivity (Wildman–Crippen MR) is 83.0 cm³/mol. The highest BCUT2D eigenvalue weighted by molar-refractivity contribution is 6.31. The third-order valence-electron chi connectivity index (χ3n) is 3.10. The summed E-state index contributed by atoms with van der Waals surface area (Å²) in [6.07, 6.45) is 1.10. The Morgan fingerprint density at radius 1 is 1.37 bits per heavy atom. The number of aliphatic hydroxyl groups is 1. The van der Waals surface area contributed by atoms with E-state index in [1.54, 1.807) is 0 Å². The van der Waals surface area contributed by atoms with Crippen LogP contribution in [0, 0.1) is 0 Å². The van der Waals surface area contributed by atoms with E-state index in [-0.39, 0.29) is 6.61 Å². The maximum absolute atomic E-state index is 9.23. The van der Waals surface area contributed by atoms with E-state index >= 15 is 0 Å². The molecule has 3 nitrogen and oxygen atoms in total. The molecule has 0 saturated heterocycles. The van der Waals surface area contributed by atoms with Crippen LogP contribution < -0.4 is 10.2 Å². The van der Waals surface area contributed by atoms with Crippen molar-refractivity contribution >= 4 is 17.3 Å². The second-order valence-corrected chi connectivity index (χ2v) is 5.33. The number of hydrogen-bond acceptors (Lipinski definition) is 3. The molecule has 0 bridgehead atoms. The first-order valence-electron chi connectivity index (χ1n) is 6.97. The van der Waals surface area contributed by atoms with Crippen LogP contribution in [0.5, 0.6) is 0 Å². The van der Waals surface area contributed by atoms with E-state index in [1.165, 1.54) is 0 Å². The Bertz CT molecular complexity index is 382. The van der Waals surface area contributed by atoms with E-state index < -0.39 is 0 Å². The zero-order valence-electron chi connectivity index (χ0n) is 12.1. The van der Waals surface area contributed by atoms with Crippen molar-refractivity contribution in [1.29, 1.82) is 0 Å². The maximum Gasteiger partial charge on any atom is 0.0606 e. The number of benzene rings is 1. The van der Waals surface area contributed by atoms with Gasteiger partial charge in [0, 0.05) is 35.4 Å². The van der Waals surface area contributed by atoms with Gasteiger partial charge in [-0.05, 0) is 38.9 Å². The summed E-state index contributed by atoms with van der Waals surface area (Å²) in [7, 11) is 0. The van der Waals surface area contributed by atoms with Gasteiger partial charge in [-0.15, -0.1) is 0 Å². The summed E-state index contributed by atoms with van der Waals surface area (Å²) < 4.78 is 0. The number of anilines is 1. The number of aliphatic hydroxyl groups excluding tert-OH is 1. The summed E-state index contributed by atoms with van der Waals surface area (Å²) in [5, 5.41) is 13.4. The van der Waals surface area contributed by atoms with Gasteiger partial charge in [0.25, 0.3) is 0 Å². The molecule has 1 rings (SSSR count). The van der Waals surface area contributed by atoms with Crippen molar-refractivity contribution in [3.05, 3.63) is 28.8 Å². The number of nitrogens with one attached hydrogen (secondary N) is 1. The Morgan fingerprint density at radius 3 is 2.68 bits per heavy atom. The minimum Gasteiger partial charge on any atom is -0.395 e. The number of hydrogen-bond donors (Lipinski definition) is 2. The van der Waals surface area contributed by atoms with Gasteiger partial charge in [0.05, 0.1) is 6.61 Å². The summed E-state index contributed by atoms with van der Waals surface area (Å²) >= 11 is 6.33. The topological polar surface area (TPSA) is 35.5 Å². The van der Waals surface area contributed by atoms with Crippen LogP contribution in [-0.4, -0.2) is 30.8 Å². The summed E-state index contributed by atoms with van der Waals surface area (Å²) in [4.78, 5) is 2.19. The molecule has 1 aromatic carbocycles. The monoisotopic (exact) mass is 284 g/mol. The van der Waals surface area contributed by atoms with Crippen molar-refractivity contribution < 1.29 is 5.11 Å². The highest BCUT2D eigenvalue weighted by Crippen LogP contribution is 2.28. The lowest BCUT2D eigenvalue weighted by Crippen LogP contribution is -2.34. The standard InChI is InChI=1S/C15H25ClN2O/c1-4-8-17-11-13-14(16)6-5-7-15(13)18(9-10-19)12(2)3/h5-7,12,17,19H,4,8-11H2,1-3H3. The molecule has 19 heavy (non-hydrogen) atoms. The first kappa shape index (κ1) is 16.3.